The van der Waals surface area contributed by atoms with Crippen molar-refractivity contribution >= 4 is 12.2 Å². The number of nitrogens with zero attached hydrogens (tertiary/aromatic N) is 3. The normalized spacial score (nSPS) is 16.5. The average molecular weight is 334 g/mol. The van der Waals surface area contributed by atoms with Gasteiger partial charge in [-0.1, -0.05) is 32.9 Å². The van der Waals surface area contributed by atoms with Crippen molar-refractivity contribution in [3.8, 4) is 0 Å². The van der Waals surface area contributed by atoms with Gasteiger partial charge in [0.2, 0.25) is 0 Å². The van der Waals surface area contributed by atoms with Crippen LogP contribution in [0.1, 0.15) is 51.3 Å². The molecule has 0 spiro atoms. The van der Waals surface area contributed by atoms with Crippen LogP contribution in [0, 0.1) is 16.0 Å². The smallest absolute Gasteiger partial charge is 0.199 e. The number of benzene rings is 1. The van der Waals surface area contributed by atoms with E-state index in [1.54, 1.807) is 0 Å². The molecule has 0 amide bonds. The first-order valence-electron chi connectivity index (χ1n) is 7.99. The van der Waals surface area contributed by atoms with Crippen LogP contribution in [0.25, 0.3) is 0 Å². The van der Waals surface area contributed by atoms with Crippen LogP contribution in [0.5, 0.6) is 0 Å². The third-order valence-electron chi connectivity index (χ3n) is 4.21. The Morgan fingerprint density at radius 2 is 1.96 bits per heavy atom. The summed E-state index contributed by atoms with van der Waals surface area (Å²) in [4.78, 5) is 0. The van der Waals surface area contributed by atoms with Gasteiger partial charge in [0, 0.05) is 12.1 Å². The van der Waals surface area contributed by atoms with Crippen molar-refractivity contribution in [3.05, 3.63) is 46.7 Å². The van der Waals surface area contributed by atoms with Crippen molar-refractivity contribution in [1.82, 2.24) is 19.7 Å². The minimum absolute atomic E-state index is 0.0148. The summed E-state index contributed by atoms with van der Waals surface area (Å²) in [7, 11) is 0. The maximum atomic E-state index is 13.2. The van der Waals surface area contributed by atoms with Gasteiger partial charge in [-0.15, -0.1) is 0 Å². The Morgan fingerprint density at radius 1 is 1.30 bits per heavy atom. The van der Waals surface area contributed by atoms with Gasteiger partial charge in [-0.25, -0.2) is 9.07 Å². The van der Waals surface area contributed by atoms with Gasteiger partial charge in [-0.3, -0.25) is 5.32 Å². The zero-order valence-electron chi connectivity index (χ0n) is 13.8. The van der Waals surface area contributed by atoms with Crippen molar-refractivity contribution in [2.75, 3.05) is 0 Å². The number of halogens is 1. The fourth-order valence-electron chi connectivity index (χ4n) is 2.82. The van der Waals surface area contributed by atoms with Crippen molar-refractivity contribution in [2.45, 2.75) is 52.4 Å². The Labute approximate surface area is 141 Å². The van der Waals surface area contributed by atoms with Crippen LogP contribution >= 0.6 is 12.2 Å². The first-order valence-corrected chi connectivity index (χ1v) is 8.40. The van der Waals surface area contributed by atoms with Crippen LogP contribution in [0.4, 0.5) is 4.39 Å². The summed E-state index contributed by atoms with van der Waals surface area (Å²) in [6.45, 7) is 7.03. The summed E-state index contributed by atoms with van der Waals surface area (Å²) in [6.07, 6.45) is 4.20. The van der Waals surface area contributed by atoms with E-state index in [1.165, 1.54) is 25.0 Å². The van der Waals surface area contributed by atoms with Gasteiger partial charge in [0.1, 0.15) is 12.1 Å². The molecule has 0 saturated heterocycles. The van der Waals surface area contributed by atoms with Crippen molar-refractivity contribution < 1.29 is 4.39 Å². The number of aromatic nitrogens is 3. The SMILES string of the molecule is CC(C)(C)C(NCn1ncn(C2CC2)c1=S)c1ccc(F)cc1. The molecule has 1 aliphatic carbocycles. The summed E-state index contributed by atoms with van der Waals surface area (Å²) in [6, 6.07) is 7.29. The molecule has 23 heavy (non-hydrogen) atoms. The van der Waals surface area contributed by atoms with E-state index in [2.05, 4.69) is 35.8 Å². The molecule has 1 unspecified atom stereocenters. The van der Waals surface area contributed by atoms with Crippen LogP contribution in [-0.4, -0.2) is 14.3 Å². The highest BCUT2D eigenvalue weighted by Crippen LogP contribution is 2.35. The number of hydrogen-bond donors (Lipinski definition) is 1. The highest BCUT2D eigenvalue weighted by molar-refractivity contribution is 7.71. The molecule has 0 aliphatic heterocycles. The Balaban J connectivity index is 1.77. The monoisotopic (exact) mass is 334 g/mol. The molecular weight excluding hydrogens is 311 g/mol. The van der Waals surface area contributed by atoms with Crippen molar-refractivity contribution in [3.63, 3.8) is 0 Å². The van der Waals surface area contributed by atoms with Gasteiger partial charge in [0.15, 0.2) is 4.77 Å². The molecular formula is C17H23FN4S. The van der Waals surface area contributed by atoms with Gasteiger partial charge in [-0.2, -0.15) is 5.10 Å². The van der Waals surface area contributed by atoms with E-state index >= 15 is 0 Å². The lowest BCUT2D eigenvalue weighted by Crippen LogP contribution is -2.34. The summed E-state index contributed by atoms with van der Waals surface area (Å²) in [5.41, 5.74) is 1.05. The molecule has 2 aromatic rings. The Bertz CT molecular complexity index is 722. The van der Waals surface area contributed by atoms with E-state index < -0.39 is 0 Å². The van der Waals surface area contributed by atoms with E-state index in [4.69, 9.17) is 12.2 Å². The van der Waals surface area contributed by atoms with Gasteiger partial charge >= 0.3 is 0 Å². The molecule has 1 saturated carbocycles. The fourth-order valence-corrected chi connectivity index (χ4v) is 3.13. The molecule has 3 rings (SSSR count). The molecule has 0 radical (unpaired) electrons. The summed E-state index contributed by atoms with van der Waals surface area (Å²) < 4.78 is 17.8. The van der Waals surface area contributed by atoms with E-state index in [-0.39, 0.29) is 17.3 Å². The molecule has 1 N–H and O–H groups in total. The maximum Gasteiger partial charge on any atom is 0.199 e. The molecule has 1 aliphatic rings. The van der Waals surface area contributed by atoms with Crippen LogP contribution in [0.3, 0.4) is 0 Å². The van der Waals surface area contributed by atoms with Gasteiger partial charge in [0.25, 0.3) is 0 Å². The van der Waals surface area contributed by atoms with Gasteiger partial charge < -0.3 is 4.57 Å². The number of rotatable bonds is 5. The zero-order valence-corrected chi connectivity index (χ0v) is 14.6. The molecule has 1 atom stereocenters. The first-order chi connectivity index (χ1) is 10.9. The fraction of sp³-hybridized carbons (Fsp3) is 0.529. The molecule has 1 aromatic carbocycles. The van der Waals surface area contributed by atoms with Crippen LogP contribution < -0.4 is 5.32 Å². The lowest BCUT2D eigenvalue weighted by molar-refractivity contribution is 0.251. The Morgan fingerprint density at radius 3 is 2.52 bits per heavy atom. The van der Waals surface area contributed by atoms with Gasteiger partial charge in [0.05, 0.1) is 6.67 Å². The predicted octanol–water partition coefficient (Wildman–Crippen LogP) is 4.22. The third kappa shape index (κ3) is 3.70. The second kappa shape index (κ2) is 6.17. The minimum Gasteiger partial charge on any atom is -0.303 e. The summed E-state index contributed by atoms with van der Waals surface area (Å²) >= 11 is 5.49. The molecule has 4 nitrogen and oxygen atoms in total. The molecule has 1 fully saturated rings. The van der Waals surface area contributed by atoms with Crippen LogP contribution in [0.15, 0.2) is 30.6 Å². The van der Waals surface area contributed by atoms with E-state index in [0.29, 0.717) is 12.7 Å². The zero-order chi connectivity index (χ0) is 16.6. The quantitative estimate of drug-likeness (QED) is 0.831. The standard InChI is InChI=1S/C17H23FN4S/c1-17(2,3)15(12-4-6-13(18)7-5-12)19-10-22-16(23)21(11-20-22)14-8-9-14/h4-7,11,14-15,19H,8-10H2,1-3H3. The molecule has 6 heteroatoms. The number of nitrogens with one attached hydrogen (secondary N) is 1. The Kier molecular flexibility index (Phi) is 4.38. The molecule has 1 heterocycles. The maximum absolute atomic E-state index is 13.2. The minimum atomic E-state index is -0.216. The molecule has 1 aromatic heterocycles. The van der Waals surface area contributed by atoms with E-state index in [1.807, 2.05) is 23.1 Å². The topological polar surface area (TPSA) is 34.8 Å². The largest absolute Gasteiger partial charge is 0.303 e. The lowest BCUT2D eigenvalue weighted by Gasteiger charge is -2.32. The first kappa shape index (κ1) is 16.3. The molecule has 124 valence electrons. The highest BCUT2D eigenvalue weighted by atomic mass is 32.1. The predicted molar refractivity (Wildman–Crippen MR) is 91.1 cm³/mol. The van der Waals surface area contributed by atoms with Crippen molar-refractivity contribution in [2.24, 2.45) is 5.41 Å². The average Bonchev–Trinajstić information content (AvgIpc) is 3.25. The Hall–Kier alpha value is -1.53. The van der Waals surface area contributed by atoms with Crippen LogP contribution in [-0.2, 0) is 6.67 Å². The van der Waals surface area contributed by atoms with Gasteiger partial charge in [-0.05, 0) is 48.2 Å². The van der Waals surface area contributed by atoms with E-state index in [0.717, 1.165) is 10.3 Å². The van der Waals surface area contributed by atoms with Crippen molar-refractivity contribution in [1.29, 1.82) is 0 Å². The van der Waals surface area contributed by atoms with Crippen LogP contribution in [0.2, 0.25) is 0 Å². The number of hydrogen-bond acceptors (Lipinski definition) is 3. The summed E-state index contributed by atoms with van der Waals surface area (Å²) in [5.74, 6) is -0.216. The summed E-state index contributed by atoms with van der Waals surface area (Å²) in [5, 5.41) is 7.91. The highest BCUT2D eigenvalue weighted by Gasteiger charge is 2.27. The van der Waals surface area contributed by atoms with E-state index in [9.17, 15) is 4.39 Å². The third-order valence-corrected chi connectivity index (χ3v) is 4.63. The second-order valence-electron chi connectivity index (χ2n) is 7.26. The second-order valence-corrected chi connectivity index (χ2v) is 7.63. The molecule has 0 bridgehead atoms. The lowest BCUT2D eigenvalue weighted by atomic mass is 9.82.